The summed E-state index contributed by atoms with van der Waals surface area (Å²) in [4.78, 5) is 17.9. The zero-order valence-corrected chi connectivity index (χ0v) is 16.4. The lowest BCUT2D eigenvalue weighted by Crippen LogP contribution is -2.51. The summed E-state index contributed by atoms with van der Waals surface area (Å²) in [6.07, 6.45) is 3.19. The van der Waals surface area contributed by atoms with Gasteiger partial charge >= 0.3 is 0 Å². The molecule has 1 amide bonds. The van der Waals surface area contributed by atoms with Gasteiger partial charge in [0.25, 0.3) is 0 Å². The number of hydrogen-bond acceptors (Lipinski definition) is 4. The molecule has 0 aromatic heterocycles. The van der Waals surface area contributed by atoms with Crippen LogP contribution in [0.1, 0.15) is 40.0 Å². The Kier molecular flexibility index (Phi) is 7.51. The lowest BCUT2D eigenvalue weighted by Gasteiger charge is -2.31. The van der Waals surface area contributed by atoms with E-state index in [0.717, 1.165) is 18.9 Å². The molecule has 0 aromatic rings. The molecule has 140 valence electrons. The second kappa shape index (κ2) is 8.69. The Bertz CT molecular complexity index is 558. The minimum absolute atomic E-state index is 0.176. The van der Waals surface area contributed by atoms with Crippen molar-refractivity contribution in [1.82, 2.24) is 15.5 Å². The SMILES string of the molecule is CCNC(=NCC(C)(C)CCS(C)(=O)=O)NC1CCC(=O)N(C)C1. The second-order valence-electron chi connectivity index (χ2n) is 7.39. The molecular formula is C16H32N4O3S. The Hall–Kier alpha value is -1.31. The van der Waals surface area contributed by atoms with E-state index < -0.39 is 9.84 Å². The van der Waals surface area contributed by atoms with Crippen LogP contribution in [0.2, 0.25) is 0 Å². The van der Waals surface area contributed by atoms with Crippen LogP contribution in [0.15, 0.2) is 4.99 Å². The first-order chi connectivity index (χ1) is 11.0. The predicted molar refractivity (Wildman–Crippen MR) is 97.9 cm³/mol. The Balaban J connectivity index is 2.62. The van der Waals surface area contributed by atoms with Crippen molar-refractivity contribution in [3.8, 4) is 0 Å². The van der Waals surface area contributed by atoms with Gasteiger partial charge in [-0.05, 0) is 25.2 Å². The quantitative estimate of drug-likeness (QED) is 0.513. The number of aliphatic imine (C=N–C) groups is 1. The molecule has 1 fully saturated rings. The van der Waals surface area contributed by atoms with Crippen molar-refractivity contribution in [3.63, 3.8) is 0 Å². The number of guanidine groups is 1. The average Bonchev–Trinajstić information content (AvgIpc) is 2.46. The first-order valence-corrected chi connectivity index (χ1v) is 10.5. The molecule has 1 aliphatic heterocycles. The van der Waals surface area contributed by atoms with Crippen molar-refractivity contribution >= 4 is 21.7 Å². The summed E-state index contributed by atoms with van der Waals surface area (Å²) in [6.45, 7) is 8.01. The molecule has 0 bridgehead atoms. The zero-order valence-electron chi connectivity index (χ0n) is 15.6. The number of amides is 1. The summed E-state index contributed by atoms with van der Waals surface area (Å²) < 4.78 is 22.7. The third-order valence-corrected chi connectivity index (χ3v) is 5.07. The molecular weight excluding hydrogens is 328 g/mol. The first kappa shape index (κ1) is 20.7. The lowest BCUT2D eigenvalue weighted by atomic mass is 9.90. The van der Waals surface area contributed by atoms with Gasteiger partial charge in [0.2, 0.25) is 5.91 Å². The standard InChI is InChI=1S/C16H32N4O3S/c1-6-17-15(19-13-7-8-14(21)20(4)11-13)18-12-16(2,3)9-10-24(5,22)23/h13H,6-12H2,1-5H3,(H2,17,18,19). The largest absolute Gasteiger partial charge is 0.357 e. The Morgan fingerprint density at radius 1 is 1.42 bits per heavy atom. The molecule has 1 rings (SSSR count). The van der Waals surface area contributed by atoms with E-state index in [9.17, 15) is 13.2 Å². The fourth-order valence-electron chi connectivity index (χ4n) is 2.48. The summed E-state index contributed by atoms with van der Waals surface area (Å²) in [5, 5.41) is 6.60. The normalized spacial score (nSPS) is 20.2. The second-order valence-corrected chi connectivity index (χ2v) is 9.65. The third-order valence-electron chi connectivity index (χ3n) is 4.13. The van der Waals surface area contributed by atoms with Gasteiger partial charge in [0.15, 0.2) is 5.96 Å². The van der Waals surface area contributed by atoms with Crippen LogP contribution in [-0.4, -0.2) is 69.9 Å². The van der Waals surface area contributed by atoms with Crippen LogP contribution in [-0.2, 0) is 14.6 Å². The van der Waals surface area contributed by atoms with E-state index >= 15 is 0 Å². The van der Waals surface area contributed by atoms with Crippen LogP contribution in [0, 0.1) is 5.41 Å². The van der Waals surface area contributed by atoms with Crippen LogP contribution in [0.25, 0.3) is 0 Å². The van der Waals surface area contributed by atoms with Crippen LogP contribution >= 0.6 is 0 Å². The van der Waals surface area contributed by atoms with Gasteiger partial charge in [-0.1, -0.05) is 13.8 Å². The maximum atomic E-state index is 11.6. The number of rotatable bonds is 7. The van der Waals surface area contributed by atoms with E-state index in [0.29, 0.717) is 25.9 Å². The molecule has 2 N–H and O–H groups in total. The predicted octanol–water partition coefficient (Wildman–Crippen LogP) is 0.623. The van der Waals surface area contributed by atoms with Crippen molar-refractivity contribution in [2.24, 2.45) is 10.4 Å². The van der Waals surface area contributed by atoms with Crippen LogP contribution < -0.4 is 10.6 Å². The van der Waals surface area contributed by atoms with Gasteiger partial charge in [-0.3, -0.25) is 9.79 Å². The number of sulfone groups is 1. The first-order valence-electron chi connectivity index (χ1n) is 8.49. The molecule has 0 aromatic carbocycles. The maximum absolute atomic E-state index is 11.6. The number of likely N-dealkylation sites (N-methyl/N-ethyl adjacent to an activating group) is 1. The molecule has 8 heteroatoms. The molecule has 1 atom stereocenters. The summed E-state index contributed by atoms with van der Waals surface area (Å²) in [5.74, 6) is 1.07. The maximum Gasteiger partial charge on any atom is 0.222 e. The molecule has 7 nitrogen and oxygen atoms in total. The molecule has 0 saturated carbocycles. The summed E-state index contributed by atoms with van der Waals surface area (Å²) in [5.41, 5.74) is -0.190. The summed E-state index contributed by atoms with van der Waals surface area (Å²) in [7, 11) is -1.14. The zero-order chi connectivity index (χ0) is 18.4. The van der Waals surface area contributed by atoms with E-state index in [2.05, 4.69) is 15.6 Å². The minimum atomic E-state index is -2.96. The van der Waals surface area contributed by atoms with E-state index in [4.69, 9.17) is 0 Å². The highest BCUT2D eigenvalue weighted by Crippen LogP contribution is 2.21. The van der Waals surface area contributed by atoms with Gasteiger partial charge in [-0.25, -0.2) is 8.42 Å². The molecule has 1 saturated heterocycles. The van der Waals surface area contributed by atoms with Crippen LogP contribution in [0.5, 0.6) is 0 Å². The average molecular weight is 361 g/mol. The van der Waals surface area contributed by atoms with Crippen LogP contribution in [0.3, 0.4) is 0 Å². The topological polar surface area (TPSA) is 90.9 Å². The number of nitrogens with zero attached hydrogens (tertiary/aromatic N) is 2. The van der Waals surface area contributed by atoms with E-state index in [-0.39, 0.29) is 23.1 Å². The molecule has 0 radical (unpaired) electrons. The fraction of sp³-hybridized carbons (Fsp3) is 0.875. The highest BCUT2D eigenvalue weighted by Gasteiger charge is 2.24. The number of hydrogen-bond donors (Lipinski definition) is 2. The third kappa shape index (κ3) is 7.99. The van der Waals surface area contributed by atoms with Crippen LogP contribution in [0.4, 0.5) is 0 Å². The van der Waals surface area contributed by atoms with Crippen molar-refractivity contribution in [2.75, 3.05) is 38.7 Å². The Morgan fingerprint density at radius 2 is 2.08 bits per heavy atom. The number of piperidine rings is 1. The summed E-state index contributed by atoms with van der Waals surface area (Å²) in [6, 6.07) is 0.185. The van der Waals surface area contributed by atoms with Gasteiger partial charge in [-0.15, -0.1) is 0 Å². The highest BCUT2D eigenvalue weighted by molar-refractivity contribution is 7.90. The molecule has 1 heterocycles. The number of carbonyl (C=O) groups is 1. The monoisotopic (exact) mass is 360 g/mol. The highest BCUT2D eigenvalue weighted by atomic mass is 32.2. The van der Waals surface area contributed by atoms with Crippen molar-refractivity contribution in [3.05, 3.63) is 0 Å². The van der Waals surface area contributed by atoms with Gasteiger partial charge in [0, 0.05) is 45.4 Å². The number of nitrogens with one attached hydrogen (secondary N) is 2. The molecule has 24 heavy (non-hydrogen) atoms. The van der Waals surface area contributed by atoms with Crippen molar-refractivity contribution in [1.29, 1.82) is 0 Å². The Morgan fingerprint density at radius 3 is 2.62 bits per heavy atom. The lowest BCUT2D eigenvalue weighted by molar-refractivity contribution is -0.132. The van der Waals surface area contributed by atoms with Gasteiger partial charge in [-0.2, -0.15) is 0 Å². The van der Waals surface area contributed by atoms with Gasteiger partial charge in [0.1, 0.15) is 9.84 Å². The van der Waals surface area contributed by atoms with Gasteiger partial charge < -0.3 is 15.5 Å². The summed E-state index contributed by atoms with van der Waals surface area (Å²) >= 11 is 0. The molecule has 1 aliphatic rings. The van der Waals surface area contributed by atoms with E-state index in [1.54, 1.807) is 4.90 Å². The molecule has 0 aliphatic carbocycles. The van der Waals surface area contributed by atoms with E-state index in [1.807, 2.05) is 27.8 Å². The smallest absolute Gasteiger partial charge is 0.222 e. The van der Waals surface area contributed by atoms with Crippen molar-refractivity contribution < 1.29 is 13.2 Å². The van der Waals surface area contributed by atoms with Crippen molar-refractivity contribution in [2.45, 2.75) is 46.1 Å². The Labute approximate surface area is 146 Å². The van der Waals surface area contributed by atoms with E-state index in [1.165, 1.54) is 6.26 Å². The molecule has 0 spiro atoms. The fourth-order valence-corrected chi connectivity index (χ4v) is 3.40. The van der Waals surface area contributed by atoms with Gasteiger partial charge in [0.05, 0.1) is 5.75 Å². The minimum Gasteiger partial charge on any atom is -0.357 e. The molecule has 1 unspecified atom stereocenters. The number of likely N-dealkylation sites (tertiary alicyclic amines) is 1. The number of carbonyl (C=O) groups excluding carboxylic acids is 1.